The molecule has 0 fully saturated rings. The molecule has 0 aliphatic rings. The summed E-state index contributed by atoms with van der Waals surface area (Å²) in [4.78, 5) is 4.35. The molecule has 0 saturated heterocycles. The lowest BCUT2D eigenvalue weighted by molar-refractivity contribution is 0.291. The van der Waals surface area contributed by atoms with Crippen molar-refractivity contribution in [2.75, 3.05) is 40.8 Å². The topological polar surface area (TPSA) is 18.5 Å². The van der Waals surface area contributed by atoms with E-state index in [1.165, 1.54) is 0 Å². The van der Waals surface area contributed by atoms with Gasteiger partial charge >= 0.3 is 0 Å². The van der Waals surface area contributed by atoms with E-state index < -0.39 is 0 Å². The highest BCUT2D eigenvalue weighted by Gasteiger charge is 2.07. The number of halogens is 1. The van der Waals surface area contributed by atoms with E-state index >= 15 is 0 Å². The third-order valence-electron chi connectivity index (χ3n) is 3.27. The van der Waals surface area contributed by atoms with E-state index in [2.05, 4.69) is 36.1 Å². The molecule has 1 rings (SSSR count). The Morgan fingerprint density at radius 1 is 1.15 bits per heavy atom. The lowest BCUT2D eigenvalue weighted by Crippen LogP contribution is -2.24. The summed E-state index contributed by atoms with van der Waals surface area (Å²) in [5.41, 5.74) is 1.93. The fraction of sp³-hybridized carbons (Fsp3) is 0.625. The van der Waals surface area contributed by atoms with Crippen LogP contribution >= 0.6 is 0 Å². The summed E-state index contributed by atoms with van der Waals surface area (Å²) >= 11 is 0. The molecule has 0 aromatic heterocycles. The van der Waals surface area contributed by atoms with E-state index in [9.17, 15) is 4.39 Å². The van der Waals surface area contributed by atoms with Gasteiger partial charge in [-0.2, -0.15) is 0 Å². The van der Waals surface area contributed by atoms with Crippen molar-refractivity contribution in [3.05, 3.63) is 35.1 Å². The van der Waals surface area contributed by atoms with Crippen molar-refractivity contribution in [1.82, 2.24) is 15.1 Å². The number of benzene rings is 1. The van der Waals surface area contributed by atoms with Gasteiger partial charge in [-0.3, -0.25) is 0 Å². The molecule has 0 atom stereocenters. The Balaban J connectivity index is 2.52. The molecule has 0 amide bonds. The van der Waals surface area contributed by atoms with Crippen LogP contribution in [0.2, 0.25) is 0 Å². The Hall–Kier alpha value is -0.970. The summed E-state index contributed by atoms with van der Waals surface area (Å²) in [7, 11) is 6.19. The summed E-state index contributed by atoms with van der Waals surface area (Å²) < 4.78 is 13.8. The number of nitrogens with zero attached hydrogens (tertiary/aromatic N) is 2. The van der Waals surface area contributed by atoms with Gasteiger partial charge in [-0.05, 0) is 58.8 Å². The van der Waals surface area contributed by atoms with Crippen LogP contribution in [0.25, 0.3) is 0 Å². The summed E-state index contributed by atoms with van der Waals surface area (Å²) in [6.07, 6.45) is 1.10. The molecule has 1 aromatic rings. The van der Waals surface area contributed by atoms with Crippen molar-refractivity contribution in [3.8, 4) is 0 Å². The van der Waals surface area contributed by atoms with Crippen molar-refractivity contribution in [2.24, 2.45) is 0 Å². The number of nitrogens with one attached hydrogen (secondary N) is 1. The molecular formula is C16H28FN3. The second kappa shape index (κ2) is 9.06. The van der Waals surface area contributed by atoms with Crippen molar-refractivity contribution in [1.29, 1.82) is 0 Å². The van der Waals surface area contributed by atoms with Crippen molar-refractivity contribution in [3.63, 3.8) is 0 Å². The average Bonchev–Trinajstić information content (AvgIpc) is 2.39. The first kappa shape index (κ1) is 17.1. The SMILES string of the molecule is CCNCc1ccc(F)c(CN(C)CCCN(C)C)c1. The van der Waals surface area contributed by atoms with Crippen LogP contribution in [0.4, 0.5) is 4.39 Å². The minimum Gasteiger partial charge on any atom is -0.313 e. The van der Waals surface area contributed by atoms with E-state index in [0.717, 1.165) is 43.7 Å². The van der Waals surface area contributed by atoms with Crippen LogP contribution in [0, 0.1) is 5.82 Å². The summed E-state index contributed by atoms with van der Waals surface area (Å²) in [6.45, 7) is 6.51. The predicted molar refractivity (Wildman–Crippen MR) is 83.3 cm³/mol. The summed E-state index contributed by atoms with van der Waals surface area (Å²) in [5, 5.41) is 3.27. The first-order chi connectivity index (χ1) is 9.52. The second-order valence-electron chi connectivity index (χ2n) is 5.60. The van der Waals surface area contributed by atoms with Crippen LogP contribution in [0.15, 0.2) is 18.2 Å². The van der Waals surface area contributed by atoms with Crippen LogP contribution in [-0.4, -0.2) is 50.6 Å². The lowest BCUT2D eigenvalue weighted by atomic mass is 10.1. The van der Waals surface area contributed by atoms with Gasteiger partial charge in [-0.1, -0.05) is 19.1 Å². The number of rotatable bonds is 9. The van der Waals surface area contributed by atoms with Gasteiger partial charge in [-0.25, -0.2) is 4.39 Å². The van der Waals surface area contributed by atoms with Crippen LogP contribution in [0.5, 0.6) is 0 Å². The monoisotopic (exact) mass is 281 g/mol. The predicted octanol–water partition coefficient (Wildman–Crippen LogP) is 2.32. The third-order valence-corrected chi connectivity index (χ3v) is 3.27. The Morgan fingerprint density at radius 2 is 1.90 bits per heavy atom. The van der Waals surface area contributed by atoms with Gasteiger partial charge in [0, 0.05) is 18.7 Å². The van der Waals surface area contributed by atoms with E-state index in [-0.39, 0.29) is 5.82 Å². The van der Waals surface area contributed by atoms with Gasteiger partial charge < -0.3 is 15.1 Å². The fourth-order valence-electron chi connectivity index (χ4n) is 2.16. The van der Waals surface area contributed by atoms with Crippen LogP contribution < -0.4 is 5.32 Å². The Kier molecular flexibility index (Phi) is 7.73. The Bertz CT molecular complexity index is 393. The van der Waals surface area contributed by atoms with E-state index in [1.54, 1.807) is 6.07 Å². The molecular weight excluding hydrogens is 253 g/mol. The summed E-state index contributed by atoms with van der Waals surface area (Å²) in [6, 6.07) is 5.41. The Labute approximate surface area is 122 Å². The maximum Gasteiger partial charge on any atom is 0.127 e. The van der Waals surface area contributed by atoms with Gasteiger partial charge in [0.15, 0.2) is 0 Å². The minimum absolute atomic E-state index is 0.107. The average molecular weight is 281 g/mol. The molecule has 114 valence electrons. The number of hydrogen-bond donors (Lipinski definition) is 1. The molecule has 0 bridgehead atoms. The molecule has 1 N–H and O–H groups in total. The molecule has 0 spiro atoms. The molecule has 0 aliphatic heterocycles. The standard InChI is InChI=1S/C16H28FN3/c1-5-18-12-14-7-8-16(17)15(11-14)13-20(4)10-6-9-19(2)3/h7-8,11,18H,5-6,9-10,12-13H2,1-4H3. The lowest BCUT2D eigenvalue weighted by Gasteiger charge is -2.19. The smallest absolute Gasteiger partial charge is 0.127 e. The highest BCUT2D eigenvalue weighted by molar-refractivity contribution is 5.25. The maximum atomic E-state index is 13.8. The third kappa shape index (κ3) is 6.46. The van der Waals surface area contributed by atoms with E-state index in [0.29, 0.717) is 6.54 Å². The first-order valence-corrected chi connectivity index (χ1v) is 7.34. The molecule has 0 radical (unpaired) electrons. The van der Waals surface area contributed by atoms with Gasteiger partial charge in [0.25, 0.3) is 0 Å². The highest BCUT2D eigenvalue weighted by atomic mass is 19.1. The van der Waals surface area contributed by atoms with Gasteiger partial charge in [0.1, 0.15) is 5.82 Å². The first-order valence-electron chi connectivity index (χ1n) is 7.34. The van der Waals surface area contributed by atoms with Crippen LogP contribution in [-0.2, 0) is 13.1 Å². The molecule has 3 nitrogen and oxygen atoms in total. The van der Waals surface area contributed by atoms with Gasteiger partial charge in [0.2, 0.25) is 0 Å². The molecule has 0 aliphatic carbocycles. The van der Waals surface area contributed by atoms with Crippen LogP contribution in [0.1, 0.15) is 24.5 Å². The van der Waals surface area contributed by atoms with Crippen molar-refractivity contribution < 1.29 is 4.39 Å². The fourth-order valence-corrected chi connectivity index (χ4v) is 2.16. The molecule has 20 heavy (non-hydrogen) atoms. The van der Waals surface area contributed by atoms with E-state index in [1.807, 2.05) is 19.2 Å². The van der Waals surface area contributed by atoms with Crippen molar-refractivity contribution in [2.45, 2.75) is 26.4 Å². The number of hydrogen-bond acceptors (Lipinski definition) is 3. The van der Waals surface area contributed by atoms with Gasteiger partial charge in [-0.15, -0.1) is 0 Å². The summed E-state index contributed by atoms with van der Waals surface area (Å²) in [5.74, 6) is -0.107. The van der Waals surface area contributed by atoms with E-state index in [4.69, 9.17) is 0 Å². The molecule has 0 unspecified atom stereocenters. The van der Waals surface area contributed by atoms with Crippen molar-refractivity contribution >= 4 is 0 Å². The molecule has 4 heteroatoms. The second-order valence-corrected chi connectivity index (χ2v) is 5.60. The molecule has 0 saturated carbocycles. The van der Waals surface area contributed by atoms with Gasteiger partial charge in [0.05, 0.1) is 0 Å². The Morgan fingerprint density at radius 3 is 2.55 bits per heavy atom. The quantitative estimate of drug-likeness (QED) is 0.749. The molecule has 0 heterocycles. The highest BCUT2D eigenvalue weighted by Crippen LogP contribution is 2.13. The minimum atomic E-state index is -0.107. The largest absolute Gasteiger partial charge is 0.313 e. The molecule has 1 aromatic carbocycles. The zero-order valence-corrected chi connectivity index (χ0v) is 13.2. The zero-order valence-electron chi connectivity index (χ0n) is 13.2. The normalized spacial score (nSPS) is 11.6. The maximum absolute atomic E-state index is 13.8. The zero-order chi connectivity index (χ0) is 15.0. The van der Waals surface area contributed by atoms with Crippen LogP contribution in [0.3, 0.4) is 0 Å².